The minimum absolute atomic E-state index is 0.173. The summed E-state index contributed by atoms with van der Waals surface area (Å²) in [4.78, 5) is 0. The normalized spacial score (nSPS) is 57.6. The van der Waals surface area contributed by atoms with E-state index in [0.717, 1.165) is 38.5 Å². The Morgan fingerprint density at radius 2 is 1.91 bits per heavy atom. The third kappa shape index (κ3) is 1.84. The average molecular weight is 308 g/mol. The summed E-state index contributed by atoms with van der Waals surface area (Å²) < 4.78 is 14.2. The van der Waals surface area contributed by atoms with Crippen molar-refractivity contribution in [1.29, 1.82) is 0 Å². The summed E-state index contributed by atoms with van der Waals surface area (Å²) in [7, 11) is 0. The lowest BCUT2D eigenvalue weighted by molar-refractivity contribution is -0.0763. The minimum Gasteiger partial charge on any atom is -0.393 e. The molecule has 0 aliphatic heterocycles. The standard InChI is InChI=1S/C19H29FO2/c1-18-7-5-12(21)9-11(18)3-4-13-14(18)6-8-19(2)15(13)10-16(20)17(19)22/h3,12-17,21-22H,4-10H2,1-2H3/t12-,13?,14?,15?,16-,17-,18-,19-/m0/s1. The van der Waals surface area contributed by atoms with E-state index in [2.05, 4.69) is 19.9 Å². The zero-order chi connectivity index (χ0) is 15.7. The number of hydrogen-bond donors (Lipinski definition) is 2. The summed E-state index contributed by atoms with van der Waals surface area (Å²) in [5, 5.41) is 20.3. The number of alkyl halides is 1. The molecule has 2 N–H and O–H groups in total. The molecule has 124 valence electrons. The SMILES string of the molecule is C[C@]12CC[C@H](O)CC1=CCC1C2CC[C@@]2(C)C1C[C@H](F)[C@@H]2O. The molecule has 0 saturated heterocycles. The summed E-state index contributed by atoms with van der Waals surface area (Å²) in [6.07, 6.45) is 6.76. The second-order valence-corrected chi connectivity index (χ2v) is 8.90. The van der Waals surface area contributed by atoms with Crippen molar-refractivity contribution in [3.63, 3.8) is 0 Å². The van der Waals surface area contributed by atoms with Crippen LogP contribution in [0.4, 0.5) is 4.39 Å². The predicted octanol–water partition coefficient (Wildman–Crippen LogP) is 3.62. The molecule has 4 rings (SSSR count). The van der Waals surface area contributed by atoms with Crippen molar-refractivity contribution in [3.8, 4) is 0 Å². The molecule has 2 nitrogen and oxygen atoms in total. The van der Waals surface area contributed by atoms with Crippen LogP contribution in [0.2, 0.25) is 0 Å². The Morgan fingerprint density at radius 1 is 1.14 bits per heavy atom. The monoisotopic (exact) mass is 308 g/mol. The highest BCUT2D eigenvalue weighted by molar-refractivity contribution is 5.25. The predicted molar refractivity (Wildman–Crippen MR) is 84.0 cm³/mol. The van der Waals surface area contributed by atoms with Gasteiger partial charge in [0.25, 0.3) is 0 Å². The Morgan fingerprint density at radius 3 is 2.68 bits per heavy atom. The van der Waals surface area contributed by atoms with Crippen molar-refractivity contribution in [2.75, 3.05) is 0 Å². The smallest absolute Gasteiger partial charge is 0.127 e. The lowest BCUT2D eigenvalue weighted by Crippen LogP contribution is -2.51. The third-order valence-electron chi connectivity index (χ3n) is 8.01. The molecule has 4 aliphatic rings. The van der Waals surface area contributed by atoms with Crippen LogP contribution in [0, 0.1) is 28.6 Å². The highest BCUT2D eigenvalue weighted by atomic mass is 19.1. The van der Waals surface area contributed by atoms with Crippen LogP contribution < -0.4 is 0 Å². The first-order valence-corrected chi connectivity index (χ1v) is 9.06. The zero-order valence-electron chi connectivity index (χ0n) is 13.8. The van der Waals surface area contributed by atoms with Crippen molar-refractivity contribution in [3.05, 3.63) is 11.6 Å². The van der Waals surface area contributed by atoms with Gasteiger partial charge in [-0.05, 0) is 73.5 Å². The van der Waals surface area contributed by atoms with Gasteiger partial charge in [-0.2, -0.15) is 0 Å². The number of rotatable bonds is 0. The summed E-state index contributed by atoms with van der Waals surface area (Å²) in [5.74, 6) is 1.44. The molecule has 0 aromatic carbocycles. The van der Waals surface area contributed by atoms with Crippen molar-refractivity contribution in [2.24, 2.45) is 28.6 Å². The van der Waals surface area contributed by atoms with E-state index in [4.69, 9.17) is 0 Å². The first-order valence-electron chi connectivity index (χ1n) is 9.06. The van der Waals surface area contributed by atoms with E-state index >= 15 is 0 Å². The van der Waals surface area contributed by atoms with Gasteiger partial charge in [-0.25, -0.2) is 4.39 Å². The van der Waals surface area contributed by atoms with Crippen molar-refractivity contribution in [1.82, 2.24) is 0 Å². The second kappa shape index (κ2) is 4.80. The maximum atomic E-state index is 14.2. The van der Waals surface area contributed by atoms with Crippen LogP contribution >= 0.6 is 0 Å². The number of allylic oxidation sites excluding steroid dienone is 1. The van der Waals surface area contributed by atoms with Crippen molar-refractivity contribution >= 4 is 0 Å². The largest absolute Gasteiger partial charge is 0.393 e. The molecule has 3 fully saturated rings. The van der Waals surface area contributed by atoms with Gasteiger partial charge in [0.05, 0.1) is 12.2 Å². The molecule has 3 unspecified atom stereocenters. The van der Waals surface area contributed by atoms with Gasteiger partial charge in [-0.1, -0.05) is 25.5 Å². The molecule has 0 radical (unpaired) electrons. The van der Waals surface area contributed by atoms with E-state index in [0.29, 0.717) is 24.2 Å². The van der Waals surface area contributed by atoms with Crippen molar-refractivity contribution < 1.29 is 14.6 Å². The van der Waals surface area contributed by atoms with Gasteiger partial charge in [-0.15, -0.1) is 0 Å². The fraction of sp³-hybridized carbons (Fsp3) is 0.895. The molecule has 0 aromatic heterocycles. The highest BCUT2D eigenvalue weighted by Crippen LogP contribution is 2.65. The van der Waals surface area contributed by atoms with Crippen LogP contribution in [0.5, 0.6) is 0 Å². The van der Waals surface area contributed by atoms with E-state index in [1.54, 1.807) is 0 Å². The van der Waals surface area contributed by atoms with Gasteiger partial charge in [0.2, 0.25) is 0 Å². The highest BCUT2D eigenvalue weighted by Gasteiger charge is 2.61. The molecule has 0 heterocycles. The molecule has 3 heteroatoms. The fourth-order valence-electron chi connectivity index (χ4n) is 6.59. The number of aliphatic hydroxyl groups excluding tert-OH is 2. The van der Waals surface area contributed by atoms with Crippen molar-refractivity contribution in [2.45, 2.75) is 77.2 Å². The van der Waals surface area contributed by atoms with Gasteiger partial charge < -0.3 is 10.2 Å². The quantitative estimate of drug-likeness (QED) is 0.671. The molecule has 0 amide bonds. The summed E-state index contributed by atoms with van der Waals surface area (Å²) >= 11 is 0. The second-order valence-electron chi connectivity index (χ2n) is 8.90. The van der Waals surface area contributed by atoms with Gasteiger partial charge in [0, 0.05) is 0 Å². The molecule has 22 heavy (non-hydrogen) atoms. The molecule has 8 atom stereocenters. The van der Waals surface area contributed by atoms with Gasteiger partial charge >= 0.3 is 0 Å². The maximum absolute atomic E-state index is 14.2. The van der Waals surface area contributed by atoms with Crippen LogP contribution in [0.25, 0.3) is 0 Å². The Hall–Kier alpha value is -0.410. The van der Waals surface area contributed by atoms with Gasteiger partial charge in [0.15, 0.2) is 0 Å². The Labute approximate surface area is 132 Å². The third-order valence-corrected chi connectivity index (χ3v) is 8.01. The first kappa shape index (κ1) is 15.1. The molecule has 0 spiro atoms. The topological polar surface area (TPSA) is 40.5 Å². The Kier molecular flexibility index (Phi) is 3.30. The number of aliphatic hydroxyl groups is 2. The number of fused-ring (bicyclic) bond motifs is 5. The Balaban J connectivity index is 1.68. The molecule has 3 saturated carbocycles. The maximum Gasteiger partial charge on any atom is 0.127 e. The van der Waals surface area contributed by atoms with Gasteiger partial charge in [0.1, 0.15) is 6.17 Å². The Bertz CT molecular complexity index is 504. The number of hydrogen-bond acceptors (Lipinski definition) is 2. The van der Waals surface area contributed by atoms with Crippen LogP contribution in [-0.2, 0) is 0 Å². The molecule has 0 aromatic rings. The average Bonchev–Trinajstić information content (AvgIpc) is 2.72. The zero-order valence-corrected chi connectivity index (χ0v) is 13.8. The van der Waals surface area contributed by atoms with Crippen LogP contribution in [0.1, 0.15) is 58.8 Å². The van der Waals surface area contributed by atoms with E-state index < -0.39 is 12.3 Å². The van der Waals surface area contributed by atoms with E-state index in [9.17, 15) is 14.6 Å². The van der Waals surface area contributed by atoms with Crippen LogP contribution in [0.3, 0.4) is 0 Å². The van der Waals surface area contributed by atoms with E-state index in [1.165, 1.54) is 5.57 Å². The van der Waals surface area contributed by atoms with Crippen LogP contribution in [0.15, 0.2) is 11.6 Å². The molecule has 0 bridgehead atoms. The summed E-state index contributed by atoms with van der Waals surface area (Å²) in [6.45, 7) is 4.49. The van der Waals surface area contributed by atoms with E-state index in [-0.39, 0.29) is 16.9 Å². The lowest BCUT2D eigenvalue weighted by atomic mass is 9.48. The summed E-state index contributed by atoms with van der Waals surface area (Å²) in [5.41, 5.74) is 1.42. The van der Waals surface area contributed by atoms with Gasteiger partial charge in [-0.3, -0.25) is 0 Å². The van der Waals surface area contributed by atoms with E-state index in [1.807, 2.05) is 0 Å². The molecular weight excluding hydrogens is 279 g/mol. The molecular formula is C19H29FO2. The summed E-state index contributed by atoms with van der Waals surface area (Å²) in [6, 6.07) is 0. The minimum atomic E-state index is -1.04. The van der Waals surface area contributed by atoms with Crippen LogP contribution in [-0.4, -0.2) is 28.6 Å². The fourth-order valence-corrected chi connectivity index (χ4v) is 6.59. The first-order chi connectivity index (χ1) is 10.4. The number of halogens is 1. The lowest BCUT2D eigenvalue weighted by Gasteiger charge is -2.57. The molecule has 4 aliphatic carbocycles.